The highest BCUT2D eigenvalue weighted by Crippen LogP contribution is 2.33. The number of nitrogens with one attached hydrogen (secondary N) is 2. The number of ether oxygens (including phenoxy) is 1. The molecule has 0 unspecified atom stereocenters. The van der Waals surface area contributed by atoms with Gasteiger partial charge in [0.05, 0.1) is 17.5 Å². The lowest BCUT2D eigenvalue weighted by molar-refractivity contribution is -0.192. The van der Waals surface area contributed by atoms with Crippen LogP contribution >= 0.6 is 0 Å². The van der Waals surface area contributed by atoms with E-state index in [0.717, 1.165) is 38.8 Å². The molecule has 2 saturated heterocycles. The number of alkyl halides is 3. The van der Waals surface area contributed by atoms with E-state index in [1.165, 1.54) is 0 Å². The lowest BCUT2D eigenvalue weighted by Gasteiger charge is -2.38. The van der Waals surface area contributed by atoms with Gasteiger partial charge in [0.15, 0.2) is 0 Å². The number of aliphatic carboxylic acids is 1. The fourth-order valence-electron chi connectivity index (χ4n) is 2.62. The molecule has 11 heteroatoms. The van der Waals surface area contributed by atoms with Gasteiger partial charge in [0, 0.05) is 13.1 Å². The molecule has 2 aliphatic rings. The number of rotatable bonds is 4. The summed E-state index contributed by atoms with van der Waals surface area (Å²) >= 11 is 0. The predicted molar refractivity (Wildman–Crippen MR) is 80.1 cm³/mol. The monoisotopic (exact) mass is 376 g/mol. The van der Waals surface area contributed by atoms with E-state index in [1.54, 1.807) is 6.92 Å². The lowest BCUT2D eigenvalue weighted by atomic mass is 9.91. The van der Waals surface area contributed by atoms with Crippen molar-refractivity contribution in [1.82, 2.24) is 10.0 Å². The van der Waals surface area contributed by atoms with Gasteiger partial charge in [-0.3, -0.25) is 0 Å². The third-order valence-electron chi connectivity index (χ3n) is 3.93. The summed E-state index contributed by atoms with van der Waals surface area (Å²) in [6.07, 6.45) is -0.833. The van der Waals surface area contributed by atoms with E-state index in [0.29, 0.717) is 6.54 Å². The molecule has 0 aliphatic carbocycles. The maximum Gasteiger partial charge on any atom is 0.490 e. The molecule has 0 radical (unpaired) electrons. The first-order valence-electron chi connectivity index (χ1n) is 7.66. The Hall–Kier alpha value is -0.910. The first-order valence-corrected chi connectivity index (χ1v) is 9.31. The van der Waals surface area contributed by atoms with Crippen LogP contribution in [0.2, 0.25) is 0 Å². The van der Waals surface area contributed by atoms with Crippen LogP contribution in [-0.4, -0.2) is 62.8 Å². The third-order valence-corrected chi connectivity index (χ3v) is 5.30. The van der Waals surface area contributed by atoms with Crippen LogP contribution < -0.4 is 10.0 Å². The Morgan fingerprint density at radius 1 is 1.42 bits per heavy atom. The standard InChI is InChI=1S/C11H22N2O3S.C2HF3O2/c1-2-17(14,15)13-8-10-4-3-5-11(16-10)6-7-12-9-11;3-2(4,5)1(6)7/h10,12-13H,2-9H2,1H3;(H,6,7)/t10-,11+;/m0./s1. The van der Waals surface area contributed by atoms with Gasteiger partial charge in [0.2, 0.25) is 10.0 Å². The zero-order valence-corrected chi connectivity index (χ0v) is 14.2. The van der Waals surface area contributed by atoms with E-state index in [4.69, 9.17) is 14.6 Å². The zero-order valence-electron chi connectivity index (χ0n) is 13.4. The second-order valence-electron chi connectivity index (χ2n) is 5.80. The van der Waals surface area contributed by atoms with Crippen LogP contribution in [-0.2, 0) is 19.6 Å². The molecule has 0 aromatic carbocycles. The van der Waals surface area contributed by atoms with Crippen molar-refractivity contribution in [2.24, 2.45) is 0 Å². The summed E-state index contributed by atoms with van der Waals surface area (Å²) in [5, 5.41) is 10.4. The summed E-state index contributed by atoms with van der Waals surface area (Å²) in [4.78, 5) is 8.90. The smallest absolute Gasteiger partial charge is 0.475 e. The van der Waals surface area contributed by atoms with Crippen molar-refractivity contribution in [2.75, 3.05) is 25.4 Å². The second kappa shape index (κ2) is 8.45. The van der Waals surface area contributed by atoms with Crippen molar-refractivity contribution >= 4 is 16.0 Å². The van der Waals surface area contributed by atoms with Gasteiger partial charge in [-0.15, -0.1) is 0 Å². The van der Waals surface area contributed by atoms with Gasteiger partial charge in [0.25, 0.3) is 0 Å². The molecule has 2 fully saturated rings. The maximum absolute atomic E-state index is 11.4. The van der Waals surface area contributed by atoms with Crippen molar-refractivity contribution in [2.45, 2.75) is 50.5 Å². The van der Waals surface area contributed by atoms with E-state index in [9.17, 15) is 21.6 Å². The zero-order chi connectivity index (χ0) is 18.4. The number of sulfonamides is 1. The van der Waals surface area contributed by atoms with Crippen LogP contribution in [0.25, 0.3) is 0 Å². The topological polar surface area (TPSA) is 105 Å². The molecule has 0 aromatic rings. The third kappa shape index (κ3) is 6.91. The van der Waals surface area contributed by atoms with Gasteiger partial charge in [0.1, 0.15) is 0 Å². The molecule has 0 amide bonds. The summed E-state index contributed by atoms with van der Waals surface area (Å²) in [6.45, 7) is 3.97. The van der Waals surface area contributed by atoms with Crippen molar-refractivity contribution < 1.29 is 36.2 Å². The van der Waals surface area contributed by atoms with Crippen molar-refractivity contribution in [3.05, 3.63) is 0 Å². The van der Waals surface area contributed by atoms with Crippen molar-refractivity contribution in [3.63, 3.8) is 0 Å². The number of carboxylic acid groups (broad SMARTS) is 1. The van der Waals surface area contributed by atoms with E-state index in [1.807, 2.05) is 0 Å². The van der Waals surface area contributed by atoms with Gasteiger partial charge in [-0.1, -0.05) is 0 Å². The molecule has 0 bridgehead atoms. The Balaban J connectivity index is 0.000000351. The fraction of sp³-hybridized carbons (Fsp3) is 0.923. The molecular weight excluding hydrogens is 353 g/mol. The molecule has 2 rings (SSSR count). The summed E-state index contributed by atoms with van der Waals surface area (Å²) in [5.74, 6) is -2.63. The summed E-state index contributed by atoms with van der Waals surface area (Å²) in [5.41, 5.74) is -0.0272. The molecular formula is C13H23F3N2O5S. The Morgan fingerprint density at radius 2 is 2.04 bits per heavy atom. The van der Waals surface area contributed by atoms with Gasteiger partial charge >= 0.3 is 12.1 Å². The number of halogens is 3. The minimum absolute atomic E-state index is 0.0272. The van der Waals surface area contributed by atoms with Gasteiger partial charge in [-0.05, 0) is 39.2 Å². The van der Waals surface area contributed by atoms with Crippen molar-refractivity contribution in [3.8, 4) is 0 Å². The minimum Gasteiger partial charge on any atom is -0.475 e. The first-order chi connectivity index (χ1) is 11.0. The van der Waals surface area contributed by atoms with Crippen LogP contribution in [0.1, 0.15) is 32.6 Å². The van der Waals surface area contributed by atoms with E-state index in [-0.39, 0.29) is 17.5 Å². The molecule has 24 heavy (non-hydrogen) atoms. The van der Waals surface area contributed by atoms with Crippen LogP contribution in [0.15, 0.2) is 0 Å². The lowest BCUT2D eigenvalue weighted by Crippen LogP contribution is -2.46. The van der Waals surface area contributed by atoms with Crippen LogP contribution in [0.4, 0.5) is 13.2 Å². The average molecular weight is 376 g/mol. The fourth-order valence-corrected chi connectivity index (χ4v) is 3.27. The highest BCUT2D eigenvalue weighted by Gasteiger charge is 2.40. The molecule has 2 aliphatic heterocycles. The molecule has 0 saturated carbocycles. The number of carboxylic acids is 1. The highest BCUT2D eigenvalue weighted by atomic mass is 32.2. The SMILES string of the molecule is CCS(=O)(=O)NC[C@@H]1CCC[C@]2(CCNC2)O1.O=C(O)C(F)(F)F. The Morgan fingerprint density at radius 3 is 2.50 bits per heavy atom. The highest BCUT2D eigenvalue weighted by molar-refractivity contribution is 7.89. The van der Waals surface area contributed by atoms with Gasteiger partial charge in [-0.25, -0.2) is 17.9 Å². The Bertz CT molecular complexity index is 518. The summed E-state index contributed by atoms with van der Waals surface area (Å²) in [6, 6.07) is 0. The molecule has 2 heterocycles. The van der Waals surface area contributed by atoms with Crippen LogP contribution in [0, 0.1) is 0 Å². The summed E-state index contributed by atoms with van der Waals surface area (Å²) < 4.78 is 63.2. The van der Waals surface area contributed by atoms with Gasteiger partial charge < -0.3 is 15.2 Å². The molecule has 0 aromatic heterocycles. The normalized spacial score (nSPS) is 27.6. The average Bonchev–Trinajstić information content (AvgIpc) is 2.93. The van der Waals surface area contributed by atoms with Crippen LogP contribution in [0.3, 0.4) is 0 Å². The van der Waals surface area contributed by atoms with E-state index < -0.39 is 22.2 Å². The Labute approximate surface area is 139 Å². The summed E-state index contributed by atoms with van der Waals surface area (Å²) in [7, 11) is -3.10. The molecule has 142 valence electrons. The molecule has 2 atom stereocenters. The molecule has 1 spiro atoms. The van der Waals surface area contributed by atoms with Crippen molar-refractivity contribution in [1.29, 1.82) is 0 Å². The second-order valence-corrected chi connectivity index (χ2v) is 7.89. The molecule has 3 N–H and O–H groups in total. The number of carbonyl (C=O) groups is 1. The van der Waals surface area contributed by atoms with Gasteiger partial charge in [-0.2, -0.15) is 13.2 Å². The van der Waals surface area contributed by atoms with E-state index >= 15 is 0 Å². The quantitative estimate of drug-likeness (QED) is 0.672. The number of hydrogen-bond donors (Lipinski definition) is 3. The predicted octanol–water partition coefficient (Wildman–Crippen LogP) is 0.860. The Kier molecular flexibility index (Phi) is 7.44. The minimum atomic E-state index is -5.08. The van der Waals surface area contributed by atoms with Crippen LogP contribution in [0.5, 0.6) is 0 Å². The first kappa shape index (κ1) is 21.1. The van der Waals surface area contributed by atoms with E-state index in [2.05, 4.69) is 10.0 Å². The molecule has 7 nitrogen and oxygen atoms in total. The number of hydrogen-bond acceptors (Lipinski definition) is 5. The maximum atomic E-state index is 11.4. The largest absolute Gasteiger partial charge is 0.490 e.